The van der Waals surface area contributed by atoms with Crippen LogP contribution in [0.2, 0.25) is 0 Å². The van der Waals surface area contributed by atoms with Gasteiger partial charge in [0.1, 0.15) is 11.6 Å². The second-order valence-electron chi connectivity index (χ2n) is 4.52. The zero-order valence-corrected chi connectivity index (χ0v) is 12.5. The molecular weight excluding hydrogens is 328 g/mol. The third-order valence-corrected chi connectivity index (χ3v) is 3.50. The summed E-state index contributed by atoms with van der Waals surface area (Å²) in [5, 5.41) is 2.39. The Bertz CT molecular complexity index is 686. The van der Waals surface area contributed by atoms with Crippen molar-refractivity contribution >= 4 is 27.5 Å². The lowest BCUT2D eigenvalue weighted by Gasteiger charge is -2.10. The van der Waals surface area contributed by atoms with E-state index < -0.39 is 17.5 Å². The molecule has 0 atom stereocenters. The van der Waals surface area contributed by atoms with E-state index in [1.807, 2.05) is 19.1 Å². The predicted molar refractivity (Wildman–Crippen MR) is 77.9 cm³/mol. The van der Waals surface area contributed by atoms with Crippen molar-refractivity contribution in [2.24, 2.45) is 0 Å². The number of rotatable bonds is 2. The molecule has 0 unspecified atom stereocenters. The maximum Gasteiger partial charge on any atom is 0.256 e. The minimum atomic E-state index is -0.697. The molecule has 2 rings (SSSR count). The quantitative estimate of drug-likeness (QED) is 0.796. The molecule has 5 heteroatoms. The third kappa shape index (κ3) is 3.04. The first-order valence-electron chi connectivity index (χ1n) is 5.91. The molecule has 0 fully saturated rings. The Morgan fingerprint density at radius 2 is 1.80 bits per heavy atom. The van der Waals surface area contributed by atoms with Gasteiger partial charge in [0.25, 0.3) is 5.91 Å². The summed E-state index contributed by atoms with van der Waals surface area (Å²) in [6.45, 7) is 3.64. The van der Waals surface area contributed by atoms with Crippen molar-refractivity contribution < 1.29 is 13.6 Å². The van der Waals surface area contributed by atoms with Crippen LogP contribution in [0.25, 0.3) is 0 Å². The number of hydrogen-bond donors (Lipinski definition) is 1. The lowest BCUT2D eigenvalue weighted by molar-refractivity contribution is 0.102. The molecule has 0 heterocycles. The first-order valence-corrected chi connectivity index (χ1v) is 6.71. The van der Waals surface area contributed by atoms with E-state index in [0.717, 1.165) is 23.3 Å². The smallest absolute Gasteiger partial charge is 0.256 e. The Morgan fingerprint density at radius 3 is 2.50 bits per heavy atom. The number of aryl methyl sites for hydroxylation is 2. The van der Waals surface area contributed by atoms with Gasteiger partial charge in [0, 0.05) is 11.6 Å². The number of halogens is 3. The number of benzene rings is 2. The number of hydrogen-bond acceptors (Lipinski definition) is 1. The summed E-state index contributed by atoms with van der Waals surface area (Å²) in [6, 6.07) is 7.32. The summed E-state index contributed by atoms with van der Waals surface area (Å²) in [4.78, 5) is 12.1. The van der Waals surface area contributed by atoms with Gasteiger partial charge in [-0.25, -0.2) is 8.78 Å². The lowest BCUT2D eigenvalue weighted by Crippen LogP contribution is -2.15. The van der Waals surface area contributed by atoms with Crippen molar-refractivity contribution in [1.29, 1.82) is 0 Å². The van der Waals surface area contributed by atoms with E-state index in [4.69, 9.17) is 0 Å². The summed E-state index contributed by atoms with van der Waals surface area (Å²) in [6.07, 6.45) is 0. The molecule has 0 spiro atoms. The molecule has 0 aliphatic heterocycles. The average Bonchev–Trinajstić information content (AvgIpc) is 2.38. The van der Waals surface area contributed by atoms with Crippen LogP contribution in [0.1, 0.15) is 21.5 Å². The van der Waals surface area contributed by atoms with Crippen LogP contribution < -0.4 is 5.32 Å². The number of carbonyl (C=O) groups excluding carboxylic acids is 1. The minimum absolute atomic E-state index is 0.0136. The Balaban J connectivity index is 2.32. The van der Waals surface area contributed by atoms with Crippen molar-refractivity contribution in [2.75, 3.05) is 5.32 Å². The van der Waals surface area contributed by atoms with Crippen LogP contribution in [0.4, 0.5) is 14.5 Å². The summed E-state index contributed by atoms with van der Waals surface area (Å²) >= 11 is 2.88. The van der Waals surface area contributed by atoms with Gasteiger partial charge in [-0.05, 0) is 47.5 Å². The number of amides is 1. The normalized spacial score (nSPS) is 10.4. The van der Waals surface area contributed by atoms with Crippen molar-refractivity contribution in [3.8, 4) is 0 Å². The van der Waals surface area contributed by atoms with Gasteiger partial charge < -0.3 is 5.32 Å². The minimum Gasteiger partial charge on any atom is -0.319 e. The maximum absolute atomic E-state index is 13.7. The molecule has 104 valence electrons. The molecule has 20 heavy (non-hydrogen) atoms. The van der Waals surface area contributed by atoms with Gasteiger partial charge >= 0.3 is 0 Å². The molecular formula is C15H12BrF2NO. The fraction of sp³-hybridized carbons (Fsp3) is 0.133. The fourth-order valence-corrected chi connectivity index (χ4v) is 2.10. The van der Waals surface area contributed by atoms with E-state index in [-0.39, 0.29) is 10.2 Å². The van der Waals surface area contributed by atoms with Gasteiger partial charge in [-0.1, -0.05) is 17.7 Å². The van der Waals surface area contributed by atoms with Gasteiger partial charge in [0.15, 0.2) is 0 Å². The van der Waals surface area contributed by atoms with E-state index in [9.17, 15) is 13.6 Å². The highest BCUT2D eigenvalue weighted by molar-refractivity contribution is 9.10. The summed E-state index contributed by atoms with van der Waals surface area (Å²) < 4.78 is 27.1. The molecule has 2 aromatic carbocycles. The molecule has 0 saturated carbocycles. The molecule has 2 aromatic rings. The van der Waals surface area contributed by atoms with E-state index in [2.05, 4.69) is 21.2 Å². The van der Waals surface area contributed by atoms with Crippen LogP contribution in [0.5, 0.6) is 0 Å². The molecule has 2 nitrogen and oxygen atoms in total. The van der Waals surface area contributed by atoms with Gasteiger partial charge in [-0.15, -0.1) is 0 Å². The maximum atomic E-state index is 13.7. The van der Waals surface area contributed by atoms with E-state index in [1.165, 1.54) is 0 Å². The van der Waals surface area contributed by atoms with E-state index >= 15 is 0 Å². The topological polar surface area (TPSA) is 29.1 Å². The predicted octanol–water partition coefficient (Wildman–Crippen LogP) is 4.60. The number of carbonyl (C=O) groups is 1. The third-order valence-electron chi connectivity index (χ3n) is 2.90. The molecule has 0 aromatic heterocycles. The summed E-state index contributed by atoms with van der Waals surface area (Å²) in [7, 11) is 0. The fourth-order valence-electron chi connectivity index (χ4n) is 1.79. The Hall–Kier alpha value is -1.75. The largest absolute Gasteiger partial charge is 0.319 e. The van der Waals surface area contributed by atoms with Crippen molar-refractivity contribution in [3.05, 3.63) is 63.1 Å². The van der Waals surface area contributed by atoms with Crippen LogP contribution >= 0.6 is 15.9 Å². The van der Waals surface area contributed by atoms with Crippen molar-refractivity contribution in [3.63, 3.8) is 0 Å². The molecule has 0 bridgehead atoms. The molecule has 0 aliphatic rings. The van der Waals surface area contributed by atoms with E-state index in [1.54, 1.807) is 13.0 Å². The van der Waals surface area contributed by atoms with Gasteiger partial charge in [0.2, 0.25) is 0 Å². The average molecular weight is 340 g/mol. The van der Waals surface area contributed by atoms with Gasteiger partial charge in [-0.2, -0.15) is 0 Å². The molecule has 1 amide bonds. The Labute approximate surface area is 123 Å². The summed E-state index contributed by atoms with van der Waals surface area (Å²) in [5.41, 5.74) is 1.94. The first kappa shape index (κ1) is 14.7. The van der Waals surface area contributed by atoms with Gasteiger partial charge in [-0.3, -0.25) is 4.79 Å². The zero-order valence-electron chi connectivity index (χ0n) is 10.9. The van der Waals surface area contributed by atoms with Gasteiger partial charge in [0.05, 0.1) is 10.2 Å². The molecule has 0 saturated heterocycles. The highest BCUT2D eigenvalue weighted by Crippen LogP contribution is 2.24. The molecule has 0 aliphatic carbocycles. The Morgan fingerprint density at radius 1 is 1.10 bits per heavy atom. The standard InChI is InChI=1S/C15H12BrF2NO/c1-8-3-4-9(2)10(5-8)15(20)19-14-7-12(17)11(16)6-13(14)18/h3-7H,1-2H3,(H,19,20). The van der Waals surface area contributed by atoms with Crippen molar-refractivity contribution in [1.82, 2.24) is 0 Å². The van der Waals surface area contributed by atoms with Crippen LogP contribution in [-0.2, 0) is 0 Å². The molecule has 0 radical (unpaired) electrons. The van der Waals surface area contributed by atoms with Crippen LogP contribution in [0, 0.1) is 25.5 Å². The summed E-state index contributed by atoms with van der Waals surface area (Å²) in [5.74, 6) is -1.80. The monoisotopic (exact) mass is 339 g/mol. The van der Waals surface area contributed by atoms with Crippen LogP contribution in [0.15, 0.2) is 34.8 Å². The Kier molecular flexibility index (Phi) is 4.18. The first-order chi connectivity index (χ1) is 9.38. The van der Waals surface area contributed by atoms with Crippen LogP contribution in [0.3, 0.4) is 0 Å². The zero-order chi connectivity index (χ0) is 14.9. The van der Waals surface area contributed by atoms with Crippen LogP contribution in [-0.4, -0.2) is 5.91 Å². The number of nitrogens with one attached hydrogen (secondary N) is 1. The highest BCUT2D eigenvalue weighted by atomic mass is 79.9. The second kappa shape index (κ2) is 5.71. The highest BCUT2D eigenvalue weighted by Gasteiger charge is 2.14. The SMILES string of the molecule is Cc1ccc(C)c(C(=O)Nc2cc(F)c(Br)cc2F)c1. The number of anilines is 1. The lowest BCUT2D eigenvalue weighted by atomic mass is 10.0. The second-order valence-corrected chi connectivity index (χ2v) is 5.37. The van der Waals surface area contributed by atoms with Crippen molar-refractivity contribution in [2.45, 2.75) is 13.8 Å². The van der Waals surface area contributed by atoms with E-state index in [0.29, 0.717) is 5.56 Å². The molecule has 1 N–H and O–H groups in total.